The zero-order valence-corrected chi connectivity index (χ0v) is 16.9. The minimum absolute atomic E-state index is 0.256. The molecular formula is C20H19Cl2N3O3. The summed E-state index contributed by atoms with van der Waals surface area (Å²) in [5.41, 5.74) is 0.717. The molecule has 28 heavy (non-hydrogen) atoms. The molecule has 4 amide bonds. The zero-order valence-electron chi connectivity index (χ0n) is 15.4. The van der Waals surface area contributed by atoms with Crippen LogP contribution in [0.4, 0.5) is 10.5 Å². The smallest absolute Gasteiger partial charge is 0.325 e. The number of carbonyl (C=O) groups is 3. The number of benzene rings is 2. The van der Waals surface area contributed by atoms with E-state index in [-0.39, 0.29) is 5.02 Å². The fraction of sp³-hybridized carbons (Fsp3) is 0.250. The molecule has 8 heteroatoms. The summed E-state index contributed by atoms with van der Waals surface area (Å²) in [7, 11) is 0. The molecule has 1 heterocycles. The third-order valence-electron chi connectivity index (χ3n) is 4.67. The molecule has 1 saturated heterocycles. The van der Waals surface area contributed by atoms with Crippen LogP contribution in [-0.2, 0) is 21.5 Å². The van der Waals surface area contributed by atoms with Crippen molar-refractivity contribution in [3.63, 3.8) is 0 Å². The Morgan fingerprint density at radius 3 is 2.61 bits per heavy atom. The van der Waals surface area contributed by atoms with Gasteiger partial charge in [-0.1, -0.05) is 48.3 Å². The van der Waals surface area contributed by atoms with Crippen molar-refractivity contribution in [3.05, 3.63) is 63.6 Å². The van der Waals surface area contributed by atoms with Crippen molar-refractivity contribution in [2.45, 2.75) is 25.8 Å². The number of halogens is 2. The molecule has 146 valence electrons. The second-order valence-corrected chi connectivity index (χ2v) is 7.52. The molecule has 0 aliphatic carbocycles. The average Bonchev–Trinajstić information content (AvgIpc) is 2.85. The van der Waals surface area contributed by atoms with Crippen LogP contribution in [0.15, 0.2) is 42.5 Å². The predicted octanol–water partition coefficient (Wildman–Crippen LogP) is 3.96. The van der Waals surface area contributed by atoms with Crippen molar-refractivity contribution in [1.29, 1.82) is 0 Å². The number of hydrogen-bond donors (Lipinski definition) is 2. The Kier molecular flexibility index (Phi) is 5.63. The van der Waals surface area contributed by atoms with E-state index >= 15 is 0 Å². The Morgan fingerprint density at radius 2 is 1.93 bits per heavy atom. The molecule has 1 aliphatic rings. The summed E-state index contributed by atoms with van der Waals surface area (Å²) in [6.45, 7) is 3.16. The van der Waals surface area contributed by atoms with Gasteiger partial charge in [-0.3, -0.25) is 14.5 Å². The Balaban J connectivity index is 1.77. The monoisotopic (exact) mass is 419 g/mol. The van der Waals surface area contributed by atoms with Crippen molar-refractivity contribution >= 4 is 46.7 Å². The summed E-state index contributed by atoms with van der Waals surface area (Å²) >= 11 is 12.1. The molecule has 3 rings (SSSR count). The number of amides is 4. The number of carbonyl (C=O) groups excluding carboxylic acids is 3. The summed E-state index contributed by atoms with van der Waals surface area (Å²) in [6.07, 6.45) is 0.830. The molecule has 2 N–H and O–H groups in total. The van der Waals surface area contributed by atoms with Gasteiger partial charge in [0.05, 0.1) is 0 Å². The quantitative estimate of drug-likeness (QED) is 0.719. The Labute approximate surface area is 172 Å². The van der Waals surface area contributed by atoms with E-state index in [2.05, 4.69) is 10.6 Å². The van der Waals surface area contributed by atoms with E-state index in [4.69, 9.17) is 23.2 Å². The maximum absolute atomic E-state index is 12.9. The van der Waals surface area contributed by atoms with Crippen LogP contribution in [-0.4, -0.2) is 29.3 Å². The molecule has 0 saturated carbocycles. The molecule has 0 bridgehead atoms. The Hall–Kier alpha value is -2.57. The first-order valence-electron chi connectivity index (χ1n) is 8.73. The summed E-state index contributed by atoms with van der Waals surface area (Å²) in [4.78, 5) is 38.6. The van der Waals surface area contributed by atoms with Gasteiger partial charge in [-0.15, -0.1) is 0 Å². The third-order valence-corrected chi connectivity index (χ3v) is 5.21. The van der Waals surface area contributed by atoms with E-state index < -0.39 is 29.9 Å². The Bertz CT molecular complexity index is 963. The highest BCUT2D eigenvalue weighted by atomic mass is 35.5. The first-order valence-corrected chi connectivity index (χ1v) is 9.48. The molecule has 0 aromatic heterocycles. The molecule has 6 nitrogen and oxygen atoms in total. The maximum atomic E-state index is 12.9. The number of imide groups is 1. The number of hydrogen-bond acceptors (Lipinski definition) is 3. The van der Waals surface area contributed by atoms with Crippen molar-refractivity contribution in [2.75, 3.05) is 11.9 Å². The van der Waals surface area contributed by atoms with E-state index in [1.54, 1.807) is 25.1 Å². The summed E-state index contributed by atoms with van der Waals surface area (Å²) in [5.74, 6) is -1.03. The first-order chi connectivity index (χ1) is 13.2. The molecule has 1 unspecified atom stereocenters. The van der Waals surface area contributed by atoms with Crippen molar-refractivity contribution in [3.8, 4) is 0 Å². The average molecular weight is 420 g/mol. The second-order valence-electron chi connectivity index (χ2n) is 6.67. The van der Waals surface area contributed by atoms with Gasteiger partial charge in [-0.2, -0.15) is 0 Å². The first kappa shape index (κ1) is 20.2. The van der Waals surface area contributed by atoms with Crippen LogP contribution in [0.25, 0.3) is 0 Å². The van der Waals surface area contributed by atoms with Crippen LogP contribution < -0.4 is 10.6 Å². The lowest BCUT2D eigenvalue weighted by molar-refractivity contribution is -0.133. The van der Waals surface area contributed by atoms with Gasteiger partial charge in [0.1, 0.15) is 12.1 Å². The summed E-state index contributed by atoms with van der Waals surface area (Å²) in [5, 5.41) is 6.01. The largest absolute Gasteiger partial charge is 0.325 e. The van der Waals surface area contributed by atoms with Crippen LogP contribution >= 0.6 is 23.2 Å². The molecular weight excluding hydrogens is 401 g/mol. The highest BCUT2D eigenvalue weighted by Crippen LogP contribution is 2.34. The molecule has 1 fully saturated rings. The molecule has 0 radical (unpaired) electrons. The lowest BCUT2D eigenvalue weighted by Gasteiger charge is -2.23. The van der Waals surface area contributed by atoms with Gasteiger partial charge in [0.25, 0.3) is 5.91 Å². The van der Waals surface area contributed by atoms with Gasteiger partial charge in [0, 0.05) is 21.3 Å². The molecule has 2 aromatic carbocycles. The molecule has 1 atom stereocenters. The number of urea groups is 1. The third kappa shape index (κ3) is 3.84. The van der Waals surface area contributed by atoms with Gasteiger partial charge >= 0.3 is 6.03 Å². The Morgan fingerprint density at radius 1 is 1.18 bits per heavy atom. The van der Waals surface area contributed by atoms with E-state index in [0.29, 0.717) is 16.3 Å². The van der Waals surface area contributed by atoms with Gasteiger partial charge in [0.15, 0.2) is 0 Å². The van der Waals surface area contributed by atoms with Crippen LogP contribution in [0, 0.1) is 0 Å². The number of nitrogens with zero attached hydrogens (tertiary/aromatic N) is 1. The highest BCUT2D eigenvalue weighted by Gasteiger charge is 2.50. The van der Waals surface area contributed by atoms with Crippen molar-refractivity contribution < 1.29 is 14.4 Å². The standard InChI is InChI=1S/C20H19Cl2N3O3/c1-3-12-5-4-6-14(9-12)23-17(26)11-25-18(27)20(2,24-19(25)28)15-8-7-13(21)10-16(15)22/h4-10H,3,11H2,1-2H3,(H,23,26)(H,24,28). The molecule has 1 aliphatic heterocycles. The van der Waals surface area contributed by atoms with Crippen LogP contribution in [0.5, 0.6) is 0 Å². The van der Waals surface area contributed by atoms with Crippen LogP contribution in [0.2, 0.25) is 10.0 Å². The van der Waals surface area contributed by atoms with E-state index in [0.717, 1.165) is 16.9 Å². The number of aryl methyl sites for hydroxylation is 1. The van der Waals surface area contributed by atoms with E-state index in [1.807, 2.05) is 25.1 Å². The minimum Gasteiger partial charge on any atom is -0.325 e. The predicted molar refractivity (Wildman–Crippen MR) is 109 cm³/mol. The zero-order chi connectivity index (χ0) is 20.5. The lowest BCUT2D eigenvalue weighted by Crippen LogP contribution is -2.42. The summed E-state index contributed by atoms with van der Waals surface area (Å²) < 4.78 is 0. The topological polar surface area (TPSA) is 78.5 Å². The normalized spacial score (nSPS) is 18.9. The van der Waals surface area contributed by atoms with E-state index in [9.17, 15) is 14.4 Å². The van der Waals surface area contributed by atoms with Crippen molar-refractivity contribution in [1.82, 2.24) is 10.2 Å². The molecule has 2 aromatic rings. The van der Waals surface area contributed by atoms with Crippen molar-refractivity contribution in [2.24, 2.45) is 0 Å². The van der Waals surface area contributed by atoms with Gasteiger partial charge in [-0.25, -0.2) is 4.79 Å². The van der Waals surface area contributed by atoms with Crippen LogP contribution in [0.1, 0.15) is 25.0 Å². The number of rotatable bonds is 5. The van der Waals surface area contributed by atoms with Gasteiger partial charge in [0.2, 0.25) is 5.91 Å². The highest BCUT2D eigenvalue weighted by molar-refractivity contribution is 6.35. The van der Waals surface area contributed by atoms with Gasteiger partial charge in [-0.05, 0) is 43.2 Å². The minimum atomic E-state index is -1.37. The second kappa shape index (κ2) is 7.81. The summed E-state index contributed by atoms with van der Waals surface area (Å²) in [6, 6.07) is 11.4. The lowest BCUT2D eigenvalue weighted by atomic mass is 9.92. The number of anilines is 1. The van der Waals surface area contributed by atoms with Crippen LogP contribution in [0.3, 0.4) is 0 Å². The van der Waals surface area contributed by atoms with E-state index in [1.165, 1.54) is 6.07 Å². The fourth-order valence-corrected chi connectivity index (χ4v) is 3.73. The van der Waals surface area contributed by atoms with Gasteiger partial charge < -0.3 is 10.6 Å². The fourth-order valence-electron chi connectivity index (χ4n) is 3.13. The molecule has 0 spiro atoms. The number of nitrogens with one attached hydrogen (secondary N) is 2. The maximum Gasteiger partial charge on any atom is 0.325 e. The SMILES string of the molecule is CCc1cccc(NC(=O)CN2C(=O)NC(C)(c3ccc(Cl)cc3Cl)C2=O)c1.